The minimum atomic E-state index is -0.284. The molecule has 5 heteroatoms. The number of rotatable bonds is 6. The molecule has 2 N–H and O–H groups in total. The number of hydrogen-bond donors (Lipinski definition) is 1. The van der Waals surface area contributed by atoms with Crippen molar-refractivity contribution in [1.82, 2.24) is 9.55 Å². The lowest BCUT2D eigenvalue weighted by Gasteiger charge is -2.10. The molecular weight excluding hydrogens is 293 g/mol. The van der Waals surface area contributed by atoms with Gasteiger partial charge in [-0.15, -0.1) is 0 Å². The van der Waals surface area contributed by atoms with Crippen molar-refractivity contribution < 1.29 is 9.13 Å². The maximum absolute atomic E-state index is 13.3. The van der Waals surface area contributed by atoms with E-state index in [2.05, 4.69) is 4.98 Å². The molecule has 0 radical (unpaired) electrons. The van der Waals surface area contributed by atoms with Gasteiger partial charge in [0.1, 0.15) is 17.4 Å². The number of ether oxygens (including phenoxy) is 1. The predicted molar refractivity (Wildman–Crippen MR) is 88.9 cm³/mol. The quantitative estimate of drug-likeness (QED) is 0.710. The molecular formula is C18H20FN3O. The fourth-order valence-electron chi connectivity index (χ4n) is 2.61. The van der Waals surface area contributed by atoms with E-state index in [1.807, 2.05) is 35.8 Å². The van der Waals surface area contributed by atoms with Crippen LogP contribution in [0.1, 0.15) is 17.8 Å². The van der Waals surface area contributed by atoms with Crippen LogP contribution in [0.25, 0.3) is 11.0 Å². The molecule has 1 heterocycles. The van der Waals surface area contributed by atoms with Gasteiger partial charge in [0.15, 0.2) is 0 Å². The van der Waals surface area contributed by atoms with Crippen LogP contribution in [0.3, 0.4) is 0 Å². The van der Waals surface area contributed by atoms with Crippen molar-refractivity contribution in [3.05, 3.63) is 59.7 Å². The van der Waals surface area contributed by atoms with Crippen LogP contribution < -0.4 is 10.5 Å². The molecule has 23 heavy (non-hydrogen) atoms. The third-order valence-corrected chi connectivity index (χ3v) is 3.79. The van der Waals surface area contributed by atoms with Crippen LogP contribution in [-0.2, 0) is 13.1 Å². The van der Waals surface area contributed by atoms with E-state index >= 15 is 0 Å². The summed E-state index contributed by atoms with van der Waals surface area (Å²) in [5.41, 5.74) is 8.51. The summed E-state index contributed by atoms with van der Waals surface area (Å²) in [7, 11) is 0. The number of benzene rings is 2. The van der Waals surface area contributed by atoms with Crippen molar-refractivity contribution in [3.8, 4) is 5.75 Å². The summed E-state index contributed by atoms with van der Waals surface area (Å²) in [4.78, 5) is 4.40. The molecule has 0 amide bonds. The van der Waals surface area contributed by atoms with Crippen molar-refractivity contribution in [2.45, 2.75) is 26.4 Å². The second-order valence-corrected chi connectivity index (χ2v) is 5.53. The SMILES string of the molecule is Cc1ccc(OCCCn2c(CN)nc3cc(F)ccc32)cc1. The van der Waals surface area contributed by atoms with Gasteiger partial charge >= 0.3 is 0 Å². The number of aryl methyl sites for hydroxylation is 2. The smallest absolute Gasteiger partial charge is 0.125 e. The molecule has 0 aliphatic rings. The zero-order valence-corrected chi connectivity index (χ0v) is 13.1. The summed E-state index contributed by atoms with van der Waals surface area (Å²) in [6.45, 7) is 3.72. The van der Waals surface area contributed by atoms with Crippen molar-refractivity contribution in [2.24, 2.45) is 5.73 Å². The van der Waals surface area contributed by atoms with Crippen LogP contribution in [-0.4, -0.2) is 16.2 Å². The van der Waals surface area contributed by atoms with E-state index in [9.17, 15) is 4.39 Å². The summed E-state index contributed by atoms with van der Waals surface area (Å²) in [6.07, 6.45) is 0.823. The summed E-state index contributed by atoms with van der Waals surface area (Å²) in [6, 6.07) is 12.6. The molecule has 4 nitrogen and oxygen atoms in total. The standard InChI is InChI=1S/C18H20FN3O/c1-13-3-6-15(7-4-13)23-10-2-9-22-17-8-5-14(19)11-16(17)21-18(22)12-20/h3-8,11H,2,9-10,12,20H2,1H3. The predicted octanol–water partition coefficient (Wildman–Crippen LogP) is 3.41. The minimum absolute atomic E-state index is 0.284. The molecule has 0 bridgehead atoms. The first-order valence-corrected chi connectivity index (χ1v) is 7.71. The molecule has 0 saturated heterocycles. The summed E-state index contributed by atoms with van der Waals surface area (Å²) in [5, 5.41) is 0. The Morgan fingerprint density at radius 2 is 1.96 bits per heavy atom. The molecule has 2 aromatic carbocycles. The molecule has 0 saturated carbocycles. The van der Waals surface area contributed by atoms with Gasteiger partial charge in [-0.1, -0.05) is 17.7 Å². The Bertz CT molecular complexity index is 796. The Kier molecular flexibility index (Phi) is 4.57. The molecule has 0 spiro atoms. The van der Waals surface area contributed by atoms with Crippen molar-refractivity contribution in [3.63, 3.8) is 0 Å². The highest BCUT2D eigenvalue weighted by atomic mass is 19.1. The lowest BCUT2D eigenvalue weighted by Crippen LogP contribution is -2.11. The van der Waals surface area contributed by atoms with Gasteiger partial charge in [-0.05, 0) is 37.6 Å². The zero-order chi connectivity index (χ0) is 16.2. The van der Waals surface area contributed by atoms with Gasteiger partial charge in [0.2, 0.25) is 0 Å². The Morgan fingerprint density at radius 3 is 2.70 bits per heavy atom. The second kappa shape index (κ2) is 6.79. The van der Waals surface area contributed by atoms with E-state index in [-0.39, 0.29) is 5.82 Å². The maximum atomic E-state index is 13.3. The number of fused-ring (bicyclic) bond motifs is 1. The van der Waals surface area contributed by atoms with Crippen molar-refractivity contribution in [1.29, 1.82) is 0 Å². The van der Waals surface area contributed by atoms with Crippen molar-refractivity contribution in [2.75, 3.05) is 6.61 Å². The zero-order valence-electron chi connectivity index (χ0n) is 13.1. The number of nitrogens with zero attached hydrogens (tertiary/aromatic N) is 2. The largest absolute Gasteiger partial charge is 0.494 e. The summed E-state index contributed by atoms with van der Waals surface area (Å²) in [5.74, 6) is 1.35. The van der Waals surface area contributed by atoms with Crippen LogP contribution in [0.4, 0.5) is 4.39 Å². The molecule has 1 aromatic heterocycles. The number of halogens is 1. The number of nitrogens with two attached hydrogens (primary N) is 1. The topological polar surface area (TPSA) is 53.1 Å². The van der Waals surface area contributed by atoms with E-state index in [4.69, 9.17) is 10.5 Å². The van der Waals surface area contributed by atoms with E-state index in [1.165, 1.54) is 17.7 Å². The van der Waals surface area contributed by atoms with Crippen LogP contribution in [0.5, 0.6) is 5.75 Å². The highest BCUT2D eigenvalue weighted by Crippen LogP contribution is 2.18. The second-order valence-electron chi connectivity index (χ2n) is 5.53. The van der Waals surface area contributed by atoms with Gasteiger partial charge in [-0.3, -0.25) is 0 Å². The Balaban J connectivity index is 1.65. The van der Waals surface area contributed by atoms with Gasteiger partial charge in [0.25, 0.3) is 0 Å². The average Bonchev–Trinajstić information content (AvgIpc) is 2.90. The maximum Gasteiger partial charge on any atom is 0.125 e. The summed E-state index contributed by atoms with van der Waals surface area (Å²) >= 11 is 0. The number of hydrogen-bond acceptors (Lipinski definition) is 3. The number of imidazole rings is 1. The van der Waals surface area contributed by atoms with Crippen LogP contribution in [0, 0.1) is 12.7 Å². The fraction of sp³-hybridized carbons (Fsp3) is 0.278. The minimum Gasteiger partial charge on any atom is -0.494 e. The molecule has 3 rings (SSSR count). The fourth-order valence-corrected chi connectivity index (χ4v) is 2.61. The monoisotopic (exact) mass is 313 g/mol. The van der Waals surface area contributed by atoms with E-state index in [1.54, 1.807) is 6.07 Å². The Labute approximate surface area is 134 Å². The van der Waals surface area contributed by atoms with Gasteiger partial charge in [-0.25, -0.2) is 9.37 Å². The lowest BCUT2D eigenvalue weighted by atomic mass is 10.2. The van der Waals surface area contributed by atoms with Gasteiger partial charge < -0.3 is 15.0 Å². The highest BCUT2D eigenvalue weighted by molar-refractivity contribution is 5.76. The highest BCUT2D eigenvalue weighted by Gasteiger charge is 2.10. The molecule has 0 unspecified atom stereocenters. The van der Waals surface area contributed by atoms with Crippen LogP contribution >= 0.6 is 0 Å². The molecule has 3 aromatic rings. The molecule has 120 valence electrons. The van der Waals surface area contributed by atoms with E-state index in [0.717, 1.165) is 30.1 Å². The first kappa shape index (κ1) is 15.5. The van der Waals surface area contributed by atoms with Crippen LogP contribution in [0.2, 0.25) is 0 Å². The molecule has 0 atom stereocenters. The van der Waals surface area contributed by atoms with Crippen molar-refractivity contribution >= 4 is 11.0 Å². The normalized spacial score (nSPS) is 11.1. The molecule has 0 fully saturated rings. The van der Waals surface area contributed by atoms with Gasteiger partial charge in [0.05, 0.1) is 24.2 Å². The van der Waals surface area contributed by atoms with Gasteiger partial charge in [-0.2, -0.15) is 0 Å². The Hall–Kier alpha value is -2.40. The van der Waals surface area contributed by atoms with E-state index < -0.39 is 0 Å². The third kappa shape index (κ3) is 3.51. The third-order valence-electron chi connectivity index (χ3n) is 3.79. The number of aromatic nitrogens is 2. The first-order valence-electron chi connectivity index (χ1n) is 7.71. The Morgan fingerprint density at radius 1 is 1.17 bits per heavy atom. The molecule has 0 aliphatic carbocycles. The summed E-state index contributed by atoms with van der Waals surface area (Å²) < 4.78 is 21.1. The molecule has 0 aliphatic heterocycles. The lowest BCUT2D eigenvalue weighted by molar-refractivity contribution is 0.301. The van der Waals surface area contributed by atoms with Gasteiger partial charge in [0, 0.05) is 12.6 Å². The average molecular weight is 313 g/mol. The van der Waals surface area contributed by atoms with Crippen LogP contribution in [0.15, 0.2) is 42.5 Å². The first-order chi connectivity index (χ1) is 11.2. The van der Waals surface area contributed by atoms with E-state index in [0.29, 0.717) is 18.7 Å².